The number of aromatic nitrogens is 3. The fraction of sp³-hybridized carbons (Fsp3) is 0.133. The van der Waals surface area contributed by atoms with Crippen LogP contribution in [0.3, 0.4) is 0 Å². The Morgan fingerprint density at radius 3 is 3.05 bits per heavy atom. The third-order valence-electron chi connectivity index (χ3n) is 2.95. The molecule has 0 fully saturated rings. The van der Waals surface area contributed by atoms with E-state index in [4.69, 9.17) is 4.74 Å². The lowest BCUT2D eigenvalue weighted by Gasteiger charge is -2.03. The summed E-state index contributed by atoms with van der Waals surface area (Å²) in [6.07, 6.45) is 1.70. The molecule has 0 saturated heterocycles. The highest BCUT2D eigenvalue weighted by Crippen LogP contribution is 2.22. The standard InChI is InChI=1S/C15H12BrN3O2/c1-2-21-15(20)10-5-3-4-9(6-10)13-18-12-7-11(16)8-17-14(12)19-13/h3-8H,2H2,1H3,(H,17,18,19). The summed E-state index contributed by atoms with van der Waals surface area (Å²) >= 11 is 3.37. The van der Waals surface area contributed by atoms with Crippen molar-refractivity contribution in [3.8, 4) is 11.4 Å². The number of halogens is 1. The lowest BCUT2D eigenvalue weighted by atomic mass is 10.1. The average Bonchev–Trinajstić information content (AvgIpc) is 2.90. The van der Waals surface area contributed by atoms with Gasteiger partial charge in [0.2, 0.25) is 0 Å². The Morgan fingerprint density at radius 1 is 1.38 bits per heavy atom. The second kappa shape index (κ2) is 5.65. The summed E-state index contributed by atoms with van der Waals surface area (Å²) in [5.41, 5.74) is 2.79. The number of H-pyrrole nitrogens is 1. The summed E-state index contributed by atoms with van der Waals surface area (Å²) < 4.78 is 5.89. The van der Waals surface area contributed by atoms with Gasteiger partial charge >= 0.3 is 5.97 Å². The molecule has 1 N–H and O–H groups in total. The van der Waals surface area contributed by atoms with Crippen LogP contribution in [0, 0.1) is 0 Å². The van der Waals surface area contributed by atoms with Gasteiger partial charge in [-0.2, -0.15) is 0 Å². The van der Waals surface area contributed by atoms with Crippen LogP contribution in [0.2, 0.25) is 0 Å². The molecule has 0 aliphatic rings. The lowest BCUT2D eigenvalue weighted by Crippen LogP contribution is -2.04. The van der Waals surface area contributed by atoms with Crippen molar-refractivity contribution in [3.63, 3.8) is 0 Å². The molecule has 5 nitrogen and oxygen atoms in total. The van der Waals surface area contributed by atoms with Crippen molar-refractivity contribution in [2.45, 2.75) is 6.92 Å². The average molecular weight is 346 g/mol. The molecule has 0 aliphatic carbocycles. The van der Waals surface area contributed by atoms with E-state index in [0.717, 1.165) is 15.6 Å². The second-order valence-electron chi connectivity index (χ2n) is 4.41. The Kier molecular flexibility index (Phi) is 3.70. The topological polar surface area (TPSA) is 67.9 Å². The molecule has 0 radical (unpaired) electrons. The van der Waals surface area contributed by atoms with Gasteiger partial charge in [0.25, 0.3) is 0 Å². The number of ether oxygens (including phenoxy) is 1. The van der Waals surface area contributed by atoms with Gasteiger partial charge in [-0.05, 0) is 41.1 Å². The van der Waals surface area contributed by atoms with E-state index in [1.165, 1.54) is 0 Å². The van der Waals surface area contributed by atoms with Crippen LogP contribution in [0.5, 0.6) is 0 Å². The zero-order valence-corrected chi connectivity index (χ0v) is 12.8. The third-order valence-corrected chi connectivity index (χ3v) is 3.38. The molecule has 0 unspecified atom stereocenters. The molecule has 0 atom stereocenters. The molecule has 2 heterocycles. The van der Waals surface area contributed by atoms with Crippen LogP contribution >= 0.6 is 15.9 Å². The normalized spacial score (nSPS) is 10.8. The molecule has 0 aliphatic heterocycles. The first-order valence-corrected chi connectivity index (χ1v) is 7.25. The molecule has 3 rings (SSSR count). The van der Waals surface area contributed by atoms with Crippen LogP contribution in [0.4, 0.5) is 0 Å². The molecule has 21 heavy (non-hydrogen) atoms. The molecule has 0 bridgehead atoms. The van der Waals surface area contributed by atoms with Crippen LogP contribution in [-0.4, -0.2) is 27.5 Å². The highest BCUT2D eigenvalue weighted by Gasteiger charge is 2.11. The number of nitrogens with one attached hydrogen (secondary N) is 1. The monoisotopic (exact) mass is 345 g/mol. The number of nitrogens with zero attached hydrogens (tertiary/aromatic N) is 2. The molecule has 1 aromatic carbocycles. The molecule has 106 valence electrons. The molecule has 3 aromatic rings. The fourth-order valence-electron chi connectivity index (χ4n) is 2.02. The molecule has 0 spiro atoms. The minimum atomic E-state index is -0.337. The minimum absolute atomic E-state index is 0.337. The van der Waals surface area contributed by atoms with Gasteiger partial charge in [-0.15, -0.1) is 0 Å². The van der Waals surface area contributed by atoms with Gasteiger partial charge in [0, 0.05) is 16.2 Å². The molecular formula is C15H12BrN3O2. The number of imidazole rings is 1. The molecular weight excluding hydrogens is 334 g/mol. The quantitative estimate of drug-likeness (QED) is 0.737. The first-order chi connectivity index (χ1) is 10.2. The van der Waals surface area contributed by atoms with E-state index in [-0.39, 0.29) is 5.97 Å². The van der Waals surface area contributed by atoms with Crippen LogP contribution in [0.15, 0.2) is 41.0 Å². The first kappa shape index (κ1) is 13.8. The van der Waals surface area contributed by atoms with Gasteiger partial charge in [-0.25, -0.2) is 14.8 Å². The Morgan fingerprint density at radius 2 is 2.24 bits per heavy atom. The fourth-order valence-corrected chi connectivity index (χ4v) is 2.35. The molecule has 0 saturated carbocycles. The second-order valence-corrected chi connectivity index (χ2v) is 5.33. The number of benzene rings is 1. The number of pyridine rings is 1. The maximum absolute atomic E-state index is 11.8. The summed E-state index contributed by atoms with van der Waals surface area (Å²) in [7, 11) is 0. The number of hydrogen-bond donors (Lipinski definition) is 1. The van der Waals surface area contributed by atoms with Crippen LogP contribution < -0.4 is 0 Å². The number of aromatic amines is 1. The van der Waals surface area contributed by atoms with E-state index in [9.17, 15) is 4.79 Å². The molecule has 2 aromatic heterocycles. The van der Waals surface area contributed by atoms with E-state index >= 15 is 0 Å². The van der Waals surface area contributed by atoms with E-state index in [0.29, 0.717) is 23.6 Å². The Balaban J connectivity index is 2.02. The highest BCUT2D eigenvalue weighted by atomic mass is 79.9. The van der Waals surface area contributed by atoms with Crippen molar-refractivity contribution >= 4 is 33.1 Å². The maximum atomic E-state index is 11.8. The van der Waals surface area contributed by atoms with Gasteiger partial charge in [-0.3, -0.25) is 0 Å². The van der Waals surface area contributed by atoms with Crippen molar-refractivity contribution in [2.75, 3.05) is 6.61 Å². The maximum Gasteiger partial charge on any atom is 0.338 e. The van der Waals surface area contributed by atoms with Gasteiger partial charge in [-0.1, -0.05) is 12.1 Å². The third kappa shape index (κ3) is 2.80. The van der Waals surface area contributed by atoms with Crippen LogP contribution in [0.1, 0.15) is 17.3 Å². The van der Waals surface area contributed by atoms with Gasteiger partial charge in [0.1, 0.15) is 5.82 Å². The minimum Gasteiger partial charge on any atom is -0.462 e. The van der Waals surface area contributed by atoms with E-state index in [1.54, 1.807) is 31.3 Å². The number of fused-ring (bicyclic) bond motifs is 1. The summed E-state index contributed by atoms with van der Waals surface area (Å²) in [5, 5.41) is 0. The molecule has 0 amide bonds. The largest absolute Gasteiger partial charge is 0.462 e. The predicted octanol–water partition coefficient (Wildman–Crippen LogP) is 3.56. The van der Waals surface area contributed by atoms with Gasteiger partial charge in [0.15, 0.2) is 5.65 Å². The van der Waals surface area contributed by atoms with E-state index in [1.807, 2.05) is 12.1 Å². The number of carbonyl (C=O) groups is 1. The summed E-state index contributed by atoms with van der Waals surface area (Å²) in [5.74, 6) is 0.332. The number of carbonyl (C=O) groups excluding carboxylic acids is 1. The van der Waals surface area contributed by atoms with Crippen molar-refractivity contribution in [2.24, 2.45) is 0 Å². The summed E-state index contributed by atoms with van der Waals surface area (Å²) in [4.78, 5) is 23.6. The smallest absolute Gasteiger partial charge is 0.338 e. The number of esters is 1. The van der Waals surface area contributed by atoms with Gasteiger partial charge < -0.3 is 9.72 Å². The lowest BCUT2D eigenvalue weighted by molar-refractivity contribution is 0.0526. The van der Waals surface area contributed by atoms with Crippen LogP contribution in [-0.2, 0) is 4.74 Å². The summed E-state index contributed by atoms with van der Waals surface area (Å²) in [6, 6.07) is 9.07. The first-order valence-electron chi connectivity index (χ1n) is 6.46. The van der Waals surface area contributed by atoms with Crippen molar-refractivity contribution in [3.05, 3.63) is 46.6 Å². The summed E-state index contributed by atoms with van der Waals surface area (Å²) in [6.45, 7) is 2.14. The highest BCUT2D eigenvalue weighted by molar-refractivity contribution is 9.10. The number of rotatable bonds is 3. The van der Waals surface area contributed by atoms with E-state index < -0.39 is 0 Å². The Labute approximate surface area is 129 Å². The van der Waals surface area contributed by atoms with Crippen molar-refractivity contribution < 1.29 is 9.53 Å². The van der Waals surface area contributed by atoms with E-state index in [2.05, 4.69) is 30.9 Å². The zero-order valence-electron chi connectivity index (χ0n) is 11.3. The van der Waals surface area contributed by atoms with Gasteiger partial charge in [0.05, 0.1) is 17.7 Å². The zero-order chi connectivity index (χ0) is 14.8. The van der Waals surface area contributed by atoms with Crippen molar-refractivity contribution in [1.29, 1.82) is 0 Å². The Bertz CT molecular complexity index is 814. The Hall–Kier alpha value is -2.21. The molecule has 6 heteroatoms. The van der Waals surface area contributed by atoms with Crippen molar-refractivity contribution in [1.82, 2.24) is 15.0 Å². The predicted molar refractivity (Wildman–Crippen MR) is 83.0 cm³/mol. The number of hydrogen-bond acceptors (Lipinski definition) is 4. The SMILES string of the molecule is CCOC(=O)c1cccc(-c2nc3ncc(Br)cc3[nH]2)c1. The van der Waals surface area contributed by atoms with Crippen LogP contribution in [0.25, 0.3) is 22.6 Å².